The van der Waals surface area contributed by atoms with Crippen LogP contribution in [0.3, 0.4) is 0 Å². The van der Waals surface area contributed by atoms with Crippen LogP contribution in [-0.4, -0.2) is 31.7 Å². The molecule has 0 spiro atoms. The molecule has 2 aromatic rings. The van der Waals surface area contributed by atoms with E-state index in [1.807, 2.05) is 0 Å². The van der Waals surface area contributed by atoms with Gasteiger partial charge in [0.25, 0.3) is 5.91 Å². The minimum absolute atomic E-state index is 0.215. The molecule has 0 aliphatic carbocycles. The van der Waals surface area contributed by atoms with Crippen LogP contribution in [0.2, 0.25) is 5.02 Å². The first kappa shape index (κ1) is 19.9. The van der Waals surface area contributed by atoms with Gasteiger partial charge in [-0.1, -0.05) is 25.4 Å². The van der Waals surface area contributed by atoms with Crippen LogP contribution >= 0.6 is 11.6 Å². The van der Waals surface area contributed by atoms with Crippen molar-refractivity contribution in [2.24, 2.45) is 11.8 Å². The third-order valence-electron chi connectivity index (χ3n) is 4.69. The van der Waals surface area contributed by atoms with Gasteiger partial charge in [-0.25, -0.2) is 8.42 Å². The summed E-state index contributed by atoms with van der Waals surface area (Å²) in [6.45, 7) is 5.21. The monoisotopic (exact) mass is 406 g/mol. The molecule has 2 aromatic carbocycles. The van der Waals surface area contributed by atoms with Gasteiger partial charge < -0.3 is 5.32 Å². The maximum Gasteiger partial charge on any atom is 0.255 e. The highest BCUT2D eigenvalue weighted by Gasteiger charge is 2.31. The predicted molar refractivity (Wildman–Crippen MR) is 108 cm³/mol. The van der Waals surface area contributed by atoms with E-state index in [0.29, 0.717) is 41.2 Å². The largest absolute Gasteiger partial charge is 0.322 e. The molecule has 1 heterocycles. The summed E-state index contributed by atoms with van der Waals surface area (Å²) in [5, 5.41) is 3.35. The van der Waals surface area contributed by atoms with Crippen molar-refractivity contribution in [1.82, 2.24) is 4.31 Å². The van der Waals surface area contributed by atoms with Crippen LogP contribution in [0.15, 0.2) is 53.4 Å². The number of hydrogen-bond donors (Lipinski definition) is 1. The number of benzene rings is 2. The van der Waals surface area contributed by atoms with E-state index >= 15 is 0 Å². The summed E-state index contributed by atoms with van der Waals surface area (Å²) >= 11 is 5.83. The fourth-order valence-electron chi connectivity index (χ4n) is 3.47. The molecule has 2 atom stereocenters. The van der Waals surface area contributed by atoms with Crippen molar-refractivity contribution in [1.29, 1.82) is 0 Å². The predicted octanol–water partition coefficient (Wildman–Crippen LogP) is 4.26. The Morgan fingerprint density at radius 1 is 1.00 bits per heavy atom. The molecular weight excluding hydrogens is 384 g/mol. The summed E-state index contributed by atoms with van der Waals surface area (Å²) in [6.07, 6.45) is 1.04. The maximum absolute atomic E-state index is 12.9. The van der Waals surface area contributed by atoms with Crippen LogP contribution in [0.1, 0.15) is 30.6 Å². The molecule has 0 unspecified atom stereocenters. The summed E-state index contributed by atoms with van der Waals surface area (Å²) in [4.78, 5) is 12.6. The molecule has 5 nitrogen and oxygen atoms in total. The number of halogens is 1. The smallest absolute Gasteiger partial charge is 0.255 e. The Bertz CT molecular complexity index is 901. The molecule has 1 N–H and O–H groups in total. The van der Waals surface area contributed by atoms with Crippen molar-refractivity contribution in [3.63, 3.8) is 0 Å². The number of sulfonamides is 1. The first-order chi connectivity index (χ1) is 12.8. The fourth-order valence-corrected chi connectivity index (χ4v) is 5.27. The van der Waals surface area contributed by atoms with Crippen molar-refractivity contribution in [3.8, 4) is 0 Å². The molecule has 0 aromatic heterocycles. The van der Waals surface area contributed by atoms with Crippen molar-refractivity contribution < 1.29 is 13.2 Å². The topological polar surface area (TPSA) is 66.5 Å². The molecule has 1 fully saturated rings. The second-order valence-electron chi connectivity index (χ2n) is 7.25. The van der Waals surface area contributed by atoms with Crippen LogP contribution in [0.5, 0.6) is 0 Å². The van der Waals surface area contributed by atoms with Crippen LogP contribution in [0.4, 0.5) is 5.69 Å². The lowest BCUT2D eigenvalue weighted by Crippen LogP contribution is -2.42. The minimum atomic E-state index is -3.55. The zero-order valence-electron chi connectivity index (χ0n) is 15.4. The number of carbonyl (C=O) groups excluding carboxylic acids is 1. The van der Waals surface area contributed by atoms with E-state index in [9.17, 15) is 13.2 Å². The van der Waals surface area contributed by atoms with Gasteiger partial charge in [-0.05, 0) is 66.8 Å². The standard InChI is InChI=1S/C20H23ClN2O3S/c1-14-11-15(2)13-23(12-14)27(25,26)19-9-3-16(4-10-19)20(24)22-18-7-5-17(21)6-8-18/h3-10,14-15H,11-13H2,1-2H3,(H,22,24)/t14-,15-/m1/s1. The molecular formula is C20H23ClN2O3S. The lowest BCUT2D eigenvalue weighted by Gasteiger charge is -2.34. The first-order valence-corrected chi connectivity index (χ1v) is 10.7. The van der Waals surface area contributed by atoms with E-state index in [0.717, 1.165) is 6.42 Å². The summed E-state index contributed by atoms with van der Waals surface area (Å²) in [6, 6.07) is 12.9. The average Bonchev–Trinajstić information content (AvgIpc) is 2.63. The second-order valence-corrected chi connectivity index (χ2v) is 9.63. The molecule has 1 aliphatic rings. The van der Waals surface area contributed by atoms with E-state index in [4.69, 9.17) is 11.6 Å². The van der Waals surface area contributed by atoms with Gasteiger partial charge in [0, 0.05) is 29.4 Å². The van der Waals surface area contributed by atoms with Crippen molar-refractivity contribution in [2.75, 3.05) is 18.4 Å². The number of hydrogen-bond acceptors (Lipinski definition) is 3. The van der Waals surface area contributed by atoms with Crippen molar-refractivity contribution in [3.05, 3.63) is 59.1 Å². The number of anilines is 1. The summed E-state index contributed by atoms with van der Waals surface area (Å²) < 4.78 is 27.3. The number of carbonyl (C=O) groups is 1. The highest BCUT2D eigenvalue weighted by Crippen LogP contribution is 2.27. The number of nitrogens with zero attached hydrogens (tertiary/aromatic N) is 1. The number of amides is 1. The van der Waals surface area contributed by atoms with Gasteiger partial charge >= 0.3 is 0 Å². The van der Waals surface area contributed by atoms with Gasteiger partial charge in [0.15, 0.2) is 0 Å². The van der Waals surface area contributed by atoms with Gasteiger partial charge in [-0.15, -0.1) is 0 Å². The molecule has 144 valence electrons. The van der Waals surface area contributed by atoms with Gasteiger partial charge in [-0.3, -0.25) is 4.79 Å². The van der Waals surface area contributed by atoms with Crippen LogP contribution in [0, 0.1) is 11.8 Å². The quantitative estimate of drug-likeness (QED) is 0.824. The van der Waals surface area contributed by atoms with Gasteiger partial charge in [0.2, 0.25) is 10.0 Å². The van der Waals surface area contributed by atoms with Crippen molar-refractivity contribution in [2.45, 2.75) is 25.2 Å². The van der Waals surface area contributed by atoms with Crippen LogP contribution < -0.4 is 5.32 Å². The van der Waals surface area contributed by atoms with Crippen LogP contribution in [-0.2, 0) is 10.0 Å². The molecule has 0 radical (unpaired) electrons. The van der Waals surface area contributed by atoms with E-state index in [-0.39, 0.29) is 10.8 Å². The fraction of sp³-hybridized carbons (Fsp3) is 0.350. The third-order valence-corrected chi connectivity index (χ3v) is 6.79. The Morgan fingerprint density at radius 2 is 1.56 bits per heavy atom. The second kappa shape index (κ2) is 8.00. The molecule has 1 aliphatic heterocycles. The Balaban J connectivity index is 1.74. The third kappa shape index (κ3) is 4.69. The van der Waals surface area contributed by atoms with E-state index in [2.05, 4.69) is 19.2 Å². The average molecular weight is 407 g/mol. The number of rotatable bonds is 4. The van der Waals surface area contributed by atoms with Crippen molar-refractivity contribution >= 4 is 33.2 Å². The molecule has 0 bridgehead atoms. The minimum Gasteiger partial charge on any atom is -0.322 e. The summed E-state index contributed by atoms with van der Waals surface area (Å²) in [5.74, 6) is 0.377. The van der Waals surface area contributed by atoms with Gasteiger partial charge in [0.05, 0.1) is 4.90 Å². The summed E-state index contributed by atoms with van der Waals surface area (Å²) in [7, 11) is -3.55. The van der Waals surface area contributed by atoms with Gasteiger partial charge in [0.1, 0.15) is 0 Å². The van der Waals surface area contributed by atoms with Gasteiger partial charge in [-0.2, -0.15) is 4.31 Å². The highest BCUT2D eigenvalue weighted by molar-refractivity contribution is 7.89. The van der Waals surface area contributed by atoms with E-state index < -0.39 is 10.0 Å². The molecule has 27 heavy (non-hydrogen) atoms. The number of nitrogens with one attached hydrogen (secondary N) is 1. The van der Waals surface area contributed by atoms with E-state index in [1.54, 1.807) is 28.6 Å². The molecule has 3 rings (SSSR count). The molecule has 1 saturated heterocycles. The van der Waals surface area contributed by atoms with Crippen LogP contribution in [0.25, 0.3) is 0 Å². The zero-order chi connectivity index (χ0) is 19.6. The lowest BCUT2D eigenvalue weighted by molar-refractivity contribution is 0.102. The summed E-state index contributed by atoms with van der Waals surface area (Å²) in [5.41, 5.74) is 1.02. The normalized spacial score (nSPS) is 21.0. The molecule has 7 heteroatoms. The Hall–Kier alpha value is -1.89. The Morgan fingerprint density at radius 3 is 2.11 bits per heavy atom. The molecule has 1 amide bonds. The SMILES string of the molecule is C[C@@H]1C[C@@H](C)CN(S(=O)(=O)c2ccc(C(=O)Nc3ccc(Cl)cc3)cc2)C1. The molecule has 0 saturated carbocycles. The lowest BCUT2D eigenvalue weighted by atomic mass is 9.94. The Kier molecular flexibility index (Phi) is 5.89. The van der Waals surface area contributed by atoms with E-state index in [1.165, 1.54) is 24.3 Å². The maximum atomic E-state index is 12.9. The number of piperidine rings is 1. The Labute approximate surface area is 165 Å². The highest BCUT2D eigenvalue weighted by atomic mass is 35.5. The first-order valence-electron chi connectivity index (χ1n) is 8.93. The zero-order valence-corrected chi connectivity index (χ0v) is 16.9.